The number of ether oxygens (including phenoxy) is 1. The van der Waals surface area contributed by atoms with Crippen LogP contribution < -0.4 is 4.74 Å². The van der Waals surface area contributed by atoms with Crippen LogP contribution in [0.4, 0.5) is 0 Å². The van der Waals surface area contributed by atoms with Crippen LogP contribution in [-0.4, -0.2) is 22.1 Å². The number of hydrogen-bond donors (Lipinski definition) is 0. The van der Waals surface area contributed by atoms with E-state index in [1.165, 1.54) is 0 Å². The lowest BCUT2D eigenvalue weighted by Crippen LogP contribution is -1.90. The molecule has 2 aromatic rings. The van der Waals surface area contributed by atoms with Crippen LogP contribution in [0.25, 0.3) is 11.0 Å². The highest BCUT2D eigenvalue weighted by atomic mass is 16.5. The van der Waals surface area contributed by atoms with Crippen molar-refractivity contribution < 1.29 is 4.74 Å². The molecule has 0 amide bonds. The molecule has 0 radical (unpaired) electrons. The molecule has 0 aliphatic carbocycles. The Kier molecular flexibility index (Phi) is 1.59. The minimum atomic E-state index is 0.522. The molecule has 4 heteroatoms. The fourth-order valence-electron chi connectivity index (χ4n) is 0.943. The number of aromatic nitrogens is 3. The van der Waals surface area contributed by atoms with Crippen LogP contribution in [0.3, 0.4) is 0 Å². The van der Waals surface area contributed by atoms with Gasteiger partial charge in [0, 0.05) is 6.20 Å². The van der Waals surface area contributed by atoms with E-state index in [0.717, 1.165) is 11.0 Å². The minimum Gasteiger partial charge on any atom is -0.480 e. The van der Waals surface area contributed by atoms with E-state index in [9.17, 15) is 0 Å². The molecule has 2 aromatic heterocycles. The maximum Gasteiger partial charge on any atom is 0.232 e. The molecule has 0 aromatic carbocycles. The molecule has 2 heterocycles. The summed E-state index contributed by atoms with van der Waals surface area (Å²) in [5.41, 5.74) is 1.57. The summed E-state index contributed by atoms with van der Waals surface area (Å²) in [6.45, 7) is 0. The highest BCUT2D eigenvalue weighted by molar-refractivity contribution is 5.72. The molecular weight excluding hydrogens is 154 g/mol. The first-order chi connectivity index (χ1) is 5.90. The van der Waals surface area contributed by atoms with Gasteiger partial charge in [0.2, 0.25) is 5.88 Å². The predicted molar refractivity (Wildman–Crippen MR) is 43.9 cm³/mol. The zero-order valence-electron chi connectivity index (χ0n) is 6.56. The molecule has 0 unspecified atom stereocenters. The Morgan fingerprint density at radius 1 is 1.25 bits per heavy atom. The summed E-state index contributed by atoms with van der Waals surface area (Å²) in [6, 6.07) is 1.80. The zero-order chi connectivity index (χ0) is 8.39. The second kappa shape index (κ2) is 2.73. The predicted octanol–water partition coefficient (Wildman–Crippen LogP) is 1.03. The Balaban J connectivity index is 2.67. The van der Waals surface area contributed by atoms with Crippen molar-refractivity contribution in [3.8, 4) is 5.88 Å². The molecule has 12 heavy (non-hydrogen) atoms. The Bertz CT molecular complexity index is 402. The van der Waals surface area contributed by atoms with Gasteiger partial charge in [-0.05, 0) is 6.07 Å². The van der Waals surface area contributed by atoms with Gasteiger partial charge in [0.25, 0.3) is 0 Å². The lowest BCUT2D eigenvalue weighted by molar-refractivity contribution is 0.397. The molecule has 0 bridgehead atoms. The average Bonchev–Trinajstić information content (AvgIpc) is 2.17. The highest BCUT2D eigenvalue weighted by Gasteiger charge is 1.97. The van der Waals surface area contributed by atoms with Gasteiger partial charge in [0.05, 0.1) is 25.0 Å². The summed E-state index contributed by atoms with van der Waals surface area (Å²) in [5.74, 6) is 0.522. The third kappa shape index (κ3) is 1.07. The lowest BCUT2D eigenvalue weighted by atomic mass is 10.4. The van der Waals surface area contributed by atoms with Gasteiger partial charge >= 0.3 is 0 Å². The molecule has 60 valence electrons. The molecule has 0 saturated carbocycles. The molecule has 0 fully saturated rings. The first-order valence-corrected chi connectivity index (χ1v) is 3.51. The largest absolute Gasteiger partial charge is 0.480 e. The number of rotatable bonds is 1. The van der Waals surface area contributed by atoms with Gasteiger partial charge in [-0.15, -0.1) is 0 Å². The summed E-state index contributed by atoms with van der Waals surface area (Å²) in [7, 11) is 1.57. The third-order valence-electron chi connectivity index (χ3n) is 1.53. The van der Waals surface area contributed by atoms with Crippen molar-refractivity contribution in [2.75, 3.05) is 7.11 Å². The maximum absolute atomic E-state index is 4.93. The molecular formula is C8H7N3O. The smallest absolute Gasteiger partial charge is 0.232 e. The van der Waals surface area contributed by atoms with E-state index in [0.29, 0.717) is 5.88 Å². The molecule has 0 aliphatic rings. The Morgan fingerprint density at radius 2 is 2.17 bits per heavy atom. The van der Waals surface area contributed by atoms with Gasteiger partial charge in [0.1, 0.15) is 5.52 Å². The number of methoxy groups -OCH3 is 1. The van der Waals surface area contributed by atoms with Crippen molar-refractivity contribution in [3.05, 3.63) is 24.7 Å². The van der Waals surface area contributed by atoms with Crippen LogP contribution in [0.15, 0.2) is 24.7 Å². The maximum atomic E-state index is 4.93. The zero-order valence-corrected chi connectivity index (χ0v) is 6.56. The second-order valence-electron chi connectivity index (χ2n) is 2.28. The van der Waals surface area contributed by atoms with Gasteiger partial charge in [-0.25, -0.2) is 9.97 Å². The van der Waals surface area contributed by atoms with E-state index >= 15 is 0 Å². The van der Waals surface area contributed by atoms with Gasteiger partial charge in [-0.1, -0.05) is 0 Å². The van der Waals surface area contributed by atoms with Crippen LogP contribution in [0, 0.1) is 0 Å². The van der Waals surface area contributed by atoms with Gasteiger partial charge in [-0.3, -0.25) is 4.98 Å². The second-order valence-corrected chi connectivity index (χ2v) is 2.28. The quantitative estimate of drug-likeness (QED) is 0.626. The number of hydrogen-bond acceptors (Lipinski definition) is 4. The van der Waals surface area contributed by atoms with Crippen molar-refractivity contribution in [1.82, 2.24) is 15.0 Å². The number of fused-ring (bicyclic) bond motifs is 1. The normalized spacial score (nSPS) is 10.1. The first-order valence-electron chi connectivity index (χ1n) is 3.51. The standard InChI is InChI=1S/C8H7N3O/c1-12-8-5-10-7-4-9-3-2-6(7)11-8/h2-5H,1H3. The summed E-state index contributed by atoms with van der Waals surface area (Å²) in [6.07, 6.45) is 4.92. The van der Waals surface area contributed by atoms with Crippen LogP contribution in [0.2, 0.25) is 0 Å². The summed E-state index contributed by atoms with van der Waals surface area (Å²) in [5, 5.41) is 0. The van der Waals surface area contributed by atoms with E-state index in [4.69, 9.17) is 4.74 Å². The molecule has 0 saturated heterocycles. The van der Waals surface area contributed by atoms with Crippen molar-refractivity contribution >= 4 is 11.0 Å². The Morgan fingerprint density at radius 3 is 3.00 bits per heavy atom. The topological polar surface area (TPSA) is 47.9 Å². The van der Waals surface area contributed by atoms with E-state index < -0.39 is 0 Å². The van der Waals surface area contributed by atoms with Gasteiger partial charge < -0.3 is 4.74 Å². The summed E-state index contributed by atoms with van der Waals surface area (Å²) < 4.78 is 4.93. The van der Waals surface area contributed by atoms with Crippen LogP contribution >= 0.6 is 0 Å². The SMILES string of the molecule is COc1cnc2cnccc2n1. The molecule has 0 aliphatic heterocycles. The first kappa shape index (κ1) is 6.97. The fourth-order valence-corrected chi connectivity index (χ4v) is 0.943. The van der Waals surface area contributed by atoms with Gasteiger partial charge in [0.15, 0.2) is 0 Å². The van der Waals surface area contributed by atoms with Crippen molar-refractivity contribution in [1.29, 1.82) is 0 Å². The molecule has 4 nitrogen and oxygen atoms in total. The van der Waals surface area contributed by atoms with Crippen LogP contribution in [0.1, 0.15) is 0 Å². The highest BCUT2D eigenvalue weighted by Crippen LogP contribution is 2.10. The van der Waals surface area contributed by atoms with E-state index in [1.807, 2.05) is 0 Å². The van der Waals surface area contributed by atoms with E-state index in [-0.39, 0.29) is 0 Å². The monoisotopic (exact) mass is 161 g/mol. The van der Waals surface area contributed by atoms with Crippen molar-refractivity contribution in [2.45, 2.75) is 0 Å². The Hall–Kier alpha value is -1.71. The lowest BCUT2D eigenvalue weighted by Gasteiger charge is -1.98. The minimum absolute atomic E-state index is 0.522. The van der Waals surface area contributed by atoms with E-state index in [1.54, 1.807) is 31.8 Å². The van der Waals surface area contributed by atoms with Crippen LogP contribution in [-0.2, 0) is 0 Å². The summed E-state index contributed by atoms with van der Waals surface area (Å²) >= 11 is 0. The number of nitrogens with zero attached hydrogens (tertiary/aromatic N) is 3. The van der Waals surface area contributed by atoms with E-state index in [2.05, 4.69) is 15.0 Å². The fraction of sp³-hybridized carbons (Fsp3) is 0.125. The number of pyridine rings is 1. The van der Waals surface area contributed by atoms with Crippen molar-refractivity contribution in [2.24, 2.45) is 0 Å². The molecule has 0 spiro atoms. The molecule has 0 atom stereocenters. The Labute approximate surface area is 69.3 Å². The average molecular weight is 161 g/mol. The molecule has 2 rings (SSSR count). The van der Waals surface area contributed by atoms with Gasteiger partial charge in [-0.2, -0.15) is 0 Å². The molecule has 0 N–H and O–H groups in total. The third-order valence-corrected chi connectivity index (χ3v) is 1.53. The summed E-state index contributed by atoms with van der Waals surface area (Å²) in [4.78, 5) is 12.2. The van der Waals surface area contributed by atoms with Crippen LogP contribution in [0.5, 0.6) is 5.88 Å². The van der Waals surface area contributed by atoms with Crippen molar-refractivity contribution in [3.63, 3.8) is 0 Å².